The van der Waals surface area contributed by atoms with Gasteiger partial charge in [0.1, 0.15) is 6.61 Å². The third-order valence-corrected chi connectivity index (χ3v) is 7.87. The molecule has 1 amide bonds. The highest BCUT2D eigenvalue weighted by Gasteiger charge is 2.25. The Hall–Kier alpha value is -2.08. The van der Waals surface area contributed by atoms with Crippen LogP contribution in [0.5, 0.6) is 0 Å². The van der Waals surface area contributed by atoms with Gasteiger partial charge in [-0.05, 0) is 68.8 Å². The quantitative estimate of drug-likeness (QED) is 0.233. The monoisotopic (exact) mass is 532 g/mol. The second-order valence-electron chi connectivity index (χ2n) is 11.1. The molecule has 1 aromatic rings. The van der Waals surface area contributed by atoms with E-state index in [1.807, 2.05) is 30.3 Å². The van der Waals surface area contributed by atoms with Gasteiger partial charge in [0.15, 0.2) is 0 Å². The van der Waals surface area contributed by atoms with E-state index in [-0.39, 0.29) is 12.5 Å². The number of nitrogens with one attached hydrogen (secondary N) is 1. The molecular weight excluding hydrogens is 476 g/mol. The smallest absolute Gasteiger partial charge is 0.407 e. The average Bonchev–Trinajstić information content (AvgIpc) is 2.95. The zero-order valence-corrected chi connectivity index (χ0v) is 24.8. The van der Waals surface area contributed by atoms with Crippen molar-refractivity contribution < 1.29 is 23.9 Å². The Kier molecular flexibility index (Phi) is 18.6. The predicted octanol–water partition coefficient (Wildman–Crippen LogP) is 6.47. The summed E-state index contributed by atoms with van der Waals surface area (Å²) in [5, 5.41) is 13.5. The lowest BCUT2D eigenvalue weighted by Gasteiger charge is -2.39. The maximum absolute atomic E-state index is 11.6. The normalized spacial score (nSPS) is 17.3. The summed E-state index contributed by atoms with van der Waals surface area (Å²) in [6, 6.07) is 9.49. The van der Waals surface area contributed by atoms with Crippen LogP contribution in [0.2, 0.25) is 0 Å². The number of amides is 1. The Labute approximate surface area is 233 Å². The van der Waals surface area contributed by atoms with Gasteiger partial charge in [0.05, 0.1) is 26.2 Å². The van der Waals surface area contributed by atoms with Crippen molar-refractivity contribution in [1.29, 1.82) is 0 Å². The zero-order chi connectivity index (χ0) is 28.1. The number of aliphatic carboxylic acids is 1. The van der Waals surface area contributed by atoms with Crippen LogP contribution in [0.1, 0.15) is 110 Å². The van der Waals surface area contributed by atoms with Crippen molar-refractivity contribution in [3.63, 3.8) is 0 Å². The molecule has 0 saturated heterocycles. The minimum atomic E-state index is -0.955. The van der Waals surface area contributed by atoms with Crippen LogP contribution in [0.3, 0.4) is 0 Å². The number of carbonyl (C=O) groups is 2. The largest absolute Gasteiger partial charge is 0.550 e. The van der Waals surface area contributed by atoms with Crippen LogP contribution in [-0.4, -0.2) is 49.3 Å². The fourth-order valence-electron chi connectivity index (χ4n) is 5.25. The Morgan fingerprint density at radius 1 is 0.816 bits per heavy atom. The fraction of sp³-hybridized carbons (Fsp3) is 0.750. The molecule has 1 fully saturated rings. The molecule has 6 nitrogen and oxygen atoms in total. The summed E-state index contributed by atoms with van der Waals surface area (Å²) in [6.07, 6.45) is 13.5. The standard InChI is InChI=1S/C16H21NO4.C16H36N/c18-15(19)14-8-6-12(7-9-14)10-17-16(20)21-11-13-4-2-1-3-5-13;1-5-9-13-17(14-10-6-2,15-11-7-3)16-12-8-4/h1-5,12,14H,6-11H2,(H,17,20)(H,18,19);5-16H2,1-4H3/q;+1/p-1/t12-,14-;. The number of benzene rings is 1. The first-order valence-corrected chi connectivity index (χ1v) is 15.4. The summed E-state index contributed by atoms with van der Waals surface area (Å²) in [5.41, 5.74) is 0.946. The predicted molar refractivity (Wildman–Crippen MR) is 154 cm³/mol. The molecule has 1 aromatic carbocycles. The molecule has 38 heavy (non-hydrogen) atoms. The highest BCUT2D eigenvalue weighted by molar-refractivity contribution is 5.68. The molecule has 0 spiro atoms. The minimum Gasteiger partial charge on any atom is -0.550 e. The Balaban J connectivity index is 0.000000391. The second kappa shape index (κ2) is 20.8. The fourth-order valence-corrected chi connectivity index (χ4v) is 5.25. The van der Waals surface area contributed by atoms with E-state index in [2.05, 4.69) is 33.0 Å². The molecular formula is C32H56N2O4. The van der Waals surface area contributed by atoms with E-state index in [1.54, 1.807) is 0 Å². The maximum atomic E-state index is 11.6. The number of unbranched alkanes of at least 4 members (excludes halogenated alkanes) is 4. The van der Waals surface area contributed by atoms with Gasteiger partial charge in [-0.1, -0.05) is 83.7 Å². The first-order valence-electron chi connectivity index (χ1n) is 15.4. The van der Waals surface area contributed by atoms with Gasteiger partial charge in [0, 0.05) is 12.5 Å². The number of quaternary nitrogens is 1. The molecule has 2 rings (SSSR count). The van der Waals surface area contributed by atoms with Gasteiger partial charge in [-0.2, -0.15) is 0 Å². The molecule has 1 aliphatic carbocycles. The number of rotatable bonds is 17. The molecule has 1 saturated carbocycles. The Morgan fingerprint density at radius 3 is 1.71 bits per heavy atom. The first-order chi connectivity index (χ1) is 18.4. The summed E-state index contributed by atoms with van der Waals surface area (Å²) >= 11 is 0. The minimum absolute atomic E-state index is 0.254. The van der Waals surface area contributed by atoms with Crippen LogP contribution in [0.25, 0.3) is 0 Å². The molecule has 218 valence electrons. The summed E-state index contributed by atoms with van der Waals surface area (Å²) in [5.74, 6) is -0.958. The summed E-state index contributed by atoms with van der Waals surface area (Å²) in [6.45, 7) is 15.8. The van der Waals surface area contributed by atoms with E-state index in [9.17, 15) is 14.7 Å². The van der Waals surface area contributed by atoms with Crippen molar-refractivity contribution >= 4 is 12.1 Å². The van der Waals surface area contributed by atoms with E-state index in [1.165, 1.54) is 82.0 Å². The van der Waals surface area contributed by atoms with E-state index >= 15 is 0 Å². The molecule has 0 aliphatic heterocycles. The van der Waals surface area contributed by atoms with E-state index in [4.69, 9.17) is 4.74 Å². The van der Waals surface area contributed by atoms with Crippen LogP contribution in [0.15, 0.2) is 30.3 Å². The van der Waals surface area contributed by atoms with Gasteiger partial charge in [-0.3, -0.25) is 0 Å². The van der Waals surface area contributed by atoms with Crippen molar-refractivity contribution in [2.75, 3.05) is 32.7 Å². The second-order valence-corrected chi connectivity index (χ2v) is 11.1. The van der Waals surface area contributed by atoms with Crippen LogP contribution in [0.4, 0.5) is 4.79 Å². The van der Waals surface area contributed by atoms with Crippen molar-refractivity contribution in [3.05, 3.63) is 35.9 Å². The molecule has 1 aliphatic rings. The molecule has 0 radical (unpaired) electrons. The average molecular weight is 533 g/mol. The third kappa shape index (κ3) is 14.8. The number of ether oxygens (including phenoxy) is 1. The number of nitrogens with zero attached hydrogens (tertiary/aromatic N) is 1. The number of hydrogen-bond acceptors (Lipinski definition) is 4. The molecule has 6 heteroatoms. The number of carboxylic acid groups (broad SMARTS) is 1. The lowest BCUT2D eigenvalue weighted by molar-refractivity contribution is -0.929. The van der Waals surface area contributed by atoms with Crippen molar-refractivity contribution in [3.8, 4) is 0 Å². The molecule has 0 aromatic heterocycles. The van der Waals surface area contributed by atoms with Crippen LogP contribution in [-0.2, 0) is 16.1 Å². The molecule has 1 N–H and O–H groups in total. The van der Waals surface area contributed by atoms with E-state index < -0.39 is 12.1 Å². The number of carboxylic acids is 1. The number of alkyl carbamates (subject to hydrolysis) is 1. The molecule has 0 heterocycles. The van der Waals surface area contributed by atoms with Gasteiger partial charge >= 0.3 is 6.09 Å². The van der Waals surface area contributed by atoms with Gasteiger partial charge in [-0.25, -0.2) is 4.79 Å². The van der Waals surface area contributed by atoms with Crippen molar-refractivity contribution in [2.24, 2.45) is 11.8 Å². The van der Waals surface area contributed by atoms with Crippen LogP contribution in [0, 0.1) is 11.8 Å². The van der Waals surface area contributed by atoms with Crippen LogP contribution >= 0.6 is 0 Å². The van der Waals surface area contributed by atoms with Gasteiger partial charge in [-0.15, -0.1) is 0 Å². The van der Waals surface area contributed by atoms with Crippen LogP contribution < -0.4 is 10.4 Å². The SMILES string of the molecule is CCCC[N+](CCCC)(CCCC)CCCC.O=C(NC[C@H]1CC[C@H](C(=O)[O-])CC1)OCc1ccccc1. The Morgan fingerprint density at radius 2 is 1.29 bits per heavy atom. The van der Waals surface area contributed by atoms with Gasteiger partial charge < -0.3 is 24.4 Å². The summed E-state index contributed by atoms with van der Waals surface area (Å²) in [7, 11) is 0. The van der Waals surface area contributed by atoms with Crippen molar-refractivity contribution in [1.82, 2.24) is 5.32 Å². The molecule has 0 unspecified atom stereocenters. The summed E-state index contributed by atoms with van der Waals surface area (Å²) < 4.78 is 6.54. The highest BCUT2D eigenvalue weighted by Crippen LogP contribution is 2.28. The first kappa shape index (κ1) is 33.9. The maximum Gasteiger partial charge on any atom is 0.407 e. The molecule has 0 atom stereocenters. The topological polar surface area (TPSA) is 78.5 Å². The third-order valence-electron chi connectivity index (χ3n) is 7.87. The van der Waals surface area contributed by atoms with E-state index in [0.717, 1.165) is 18.4 Å². The number of carbonyl (C=O) groups excluding carboxylic acids is 2. The number of hydrogen-bond donors (Lipinski definition) is 1. The lowest BCUT2D eigenvalue weighted by atomic mass is 9.82. The van der Waals surface area contributed by atoms with E-state index in [0.29, 0.717) is 25.3 Å². The van der Waals surface area contributed by atoms with Crippen molar-refractivity contribution in [2.45, 2.75) is 111 Å². The zero-order valence-electron chi connectivity index (χ0n) is 24.8. The lowest BCUT2D eigenvalue weighted by Crippen LogP contribution is -2.50. The summed E-state index contributed by atoms with van der Waals surface area (Å²) in [4.78, 5) is 22.3. The molecule has 0 bridgehead atoms. The highest BCUT2D eigenvalue weighted by atomic mass is 16.5. The van der Waals surface area contributed by atoms with Gasteiger partial charge in [0.2, 0.25) is 0 Å². The Bertz CT molecular complexity index is 695. The van der Waals surface area contributed by atoms with Gasteiger partial charge in [0.25, 0.3) is 0 Å².